The molecule has 1 N–H and O–H groups in total. The largest absolute Gasteiger partial charge is 0.453 e. The van der Waals surface area contributed by atoms with Crippen LogP contribution < -0.4 is 5.32 Å². The number of hydrogen-bond acceptors (Lipinski definition) is 3. The molecule has 0 aromatic rings. The molecule has 15 heavy (non-hydrogen) atoms. The highest BCUT2D eigenvalue weighted by molar-refractivity contribution is 6.02. The van der Waals surface area contributed by atoms with E-state index in [0.29, 0.717) is 6.42 Å². The number of rotatable bonds is 2. The summed E-state index contributed by atoms with van der Waals surface area (Å²) in [6, 6.07) is 0. The number of hydrogen-bond donors (Lipinski definition) is 1. The lowest BCUT2D eigenvalue weighted by Gasteiger charge is -2.49. The summed E-state index contributed by atoms with van der Waals surface area (Å²) in [6.45, 7) is 5.57. The summed E-state index contributed by atoms with van der Waals surface area (Å²) in [4.78, 5) is 23.3. The Morgan fingerprint density at radius 1 is 1.60 bits per heavy atom. The van der Waals surface area contributed by atoms with Crippen LogP contribution in [0.2, 0.25) is 0 Å². The Labute approximate surface area is 90.2 Å². The molecule has 3 unspecified atom stereocenters. The van der Waals surface area contributed by atoms with Gasteiger partial charge in [0.05, 0.1) is 5.92 Å². The van der Waals surface area contributed by atoms with Crippen LogP contribution in [0.3, 0.4) is 0 Å². The summed E-state index contributed by atoms with van der Waals surface area (Å²) >= 11 is 0. The van der Waals surface area contributed by atoms with Crippen molar-refractivity contribution in [1.82, 2.24) is 5.32 Å². The molecule has 2 aliphatic heterocycles. The highest BCUT2D eigenvalue weighted by Gasteiger charge is 2.74. The van der Waals surface area contributed by atoms with E-state index in [0.717, 1.165) is 0 Å². The minimum absolute atomic E-state index is 0. The first kappa shape index (κ1) is 10.2. The molecule has 4 heteroatoms. The van der Waals surface area contributed by atoms with Gasteiger partial charge in [0.25, 0.3) is 0 Å². The second-order valence-corrected chi connectivity index (χ2v) is 4.25. The molecule has 4 nitrogen and oxygen atoms in total. The molecular formula is C11H17NO3. The van der Waals surface area contributed by atoms with Crippen molar-refractivity contribution in [2.24, 2.45) is 5.92 Å². The molecule has 0 radical (unpaired) electrons. The van der Waals surface area contributed by atoms with Crippen LogP contribution in [0.1, 0.15) is 28.6 Å². The predicted molar refractivity (Wildman–Crippen MR) is 56.1 cm³/mol. The molecule has 0 aromatic carbocycles. The number of nitrogens with one attached hydrogen (secondary N) is 1. The van der Waals surface area contributed by atoms with Crippen molar-refractivity contribution in [2.45, 2.75) is 38.3 Å². The smallest absolute Gasteiger partial charge is 0.340 e. The summed E-state index contributed by atoms with van der Waals surface area (Å²) in [5.74, 6) is -0.692. The van der Waals surface area contributed by atoms with E-state index in [1.165, 1.54) is 0 Å². The molecule has 2 aliphatic rings. The third-order valence-electron chi connectivity index (χ3n) is 3.54. The molecule has 2 rings (SSSR count). The van der Waals surface area contributed by atoms with Gasteiger partial charge >= 0.3 is 5.97 Å². The molecule has 0 bridgehead atoms. The first-order valence-electron chi connectivity index (χ1n) is 5.21. The third kappa shape index (κ3) is 0.919. The molecule has 0 spiro atoms. The van der Waals surface area contributed by atoms with Gasteiger partial charge in [0.1, 0.15) is 0 Å². The Bertz CT molecular complexity index is 368. The Kier molecular flexibility index (Phi) is 1.93. The molecule has 2 heterocycles. The van der Waals surface area contributed by atoms with E-state index in [1.54, 1.807) is 12.2 Å². The fraction of sp³-hybridized carbons (Fsp3) is 0.636. The van der Waals surface area contributed by atoms with E-state index in [-0.39, 0.29) is 19.2 Å². The average molecular weight is 211 g/mol. The molecule has 1 amide bonds. The van der Waals surface area contributed by atoms with Crippen LogP contribution in [0.25, 0.3) is 0 Å². The fourth-order valence-electron chi connectivity index (χ4n) is 2.66. The molecule has 0 aliphatic carbocycles. The summed E-state index contributed by atoms with van der Waals surface area (Å²) in [5, 5.41) is 2.76. The van der Waals surface area contributed by atoms with Crippen molar-refractivity contribution in [3.63, 3.8) is 0 Å². The molecule has 3 atom stereocenters. The van der Waals surface area contributed by atoms with Crippen LogP contribution in [0.15, 0.2) is 12.2 Å². The lowest BCUT2D eigenvalue weighted by atomic mass is 9.71. The van der Waals surface area contributed by atoms with E-state index >= 15 is 0 Å². The van der Waals surface area contributed by atoms with Gasteiger partial charge < -0.3 is 10.1 Å². The van der Waals surface area contributed by atoms with Gasteiger partial charge in [-0.3, -0.25) is 4.79 Å². The number of amides is 1. The number of ether oxygens (including phenoxy) is 1. The number of esters is 1. The zero-order valence-electron chi connectivity index (χ0n) is 9.16. The van der Waals surface area contributed by atoms with Gasteiger partial charge in [0.15, 0.2) is 11.1 Å². The normalized spacial score (nSPS) is 43.5. The second-order valence-electron chi connectivity index (χ2n) is 4.25. The van der Waals surface area contributed by atoms with Gasteiger partial charge in [0, 0.05) is 1.43 Å². The van der Waals surface area contributed by atoms with E-state index in [4.69, 9.17) is 4.74 Å². The molecule has 84 valence electrons. The van der Waals surface area contributed by atoms with Crippen molar-refractivity contribution in [1.29, 1.82) is 0 Å². The highest BCUT2D eigenvalue weighted by atomic mass is 16.6. The standard InChI is InChI=1S/C11H15NO3.H2/c1-4-6-11-9(14)15-10(11,3)7(5-2)8(13)12-11;/h4,6-7H,5H2,1-3H3,(H,12,13);1H/b6-4+;. The fourth-order valence-corrected chi connectivity index (χ4v) is 2.66. The van der Waals surface area contributed by atoms with Crippen molar-refractivity contribution in [3.05, 3.63) is 12.2 Å². The molecular weight excluding hydrogens is 194 g/mol. The van der Waals surface area contributed by atoms with Crippen molar-refractivity contribution >= 4 is 11.9 Å². The average Bonchev–Trinajstić information content (AvgIpc) is 2.33. The molecule has 2 saturated heterocycles. The van der Waals surface area contributed by atoms with E-state index < -0.39 is 11.1 Å². The Morgan fingerprint density at radius 2 is 2.27 bits per heavy atom. The Balaban J connectivity index is 0.00000128. The minimum Gasteiger partial charge on any atom is -0.453 e. The molecule has 0 aromatic heterocycles. The van der Waals surface area contributed by atoms with E-state index in [2.05, 4.69) is 5.32 Å². The number of carbonyl (C=O) groups is 2. The van der Waals surface area contributed by atoms with Gasteiger partial charge in [-0.15, -0.1) is 0 Å². The van der Waals surface area contributed by atoms with Gasteiger partial charge in [0.2, 0.25) is 5.91 Å². The van der Waals surface area contributed by atoms with Crippen molar-refractivity contribution < 1.29 is 15.8 Å². The third-order valence-corrected chi connectivity index (χ3v) is 3.54. The predicted octanol–water partition coefficient (Wildman–Crippen LogP) is 1.02. The zero-order chi connectivity index (χ0) is 11.3. The van der Waals surface area contributed by atoms with Gasteiger partial charge in [-0.05, 0) is 26.3 Å². The zero-order valence-corrected chi connectivity index (χ0v) is 9.16. The quantitative estimate of drug-likeness (QED) is 0.548. The first-order valence-corrected chi connectivity index (χ1v) is 5.21. The number of allylic oxidation sites excluding steroid dienone is 1. The summed E-state index contributed by atoms with van der Waals surface area (Å²) in [5.41, 5.74) is -1.62. The lowest BCUT2D eigenvalue weighted by molar-refractivity contribution is -0.211. The van der Waals surface area contributed by atoms with E-state index in [9.17, 15) is 9.59 Å². The lowest BCUT2D eigenvalue weighted by Crippen LogP contribution is -2.73. The summed E-state index contributed by atoms with van der Waals surface area (Å²) in [7, 11) is 0. The van der Waals surface area contributed by atoms with E-state index in [1.807, 2.05) is 20.8 Å². The first-order chi connectivity index (χ1) is 7.02. The number of carbonyl (C=O) groups excluding carboxylic acids is 2. The SMILES string of the molecule is C/C=C/C12NC(=O)C(CC)C1(C)OC2=O.[HH]. The summed E-state index contributed by atoms with van der Waals surface area (Å²) < 4.78 is 5.21. The minimum atomic E-state index is -0.917. The Morgan fingerprint density at radius 3 is 2.73 bits per heavy atom. The van der Waals surface area contributed by atoms with Crippen LogP contribution in [0.5, 0.6) is 0 Å². The van der Waals surface area contributed by atoms with Crippen LogP contribution in [-0.2, 0) is 14.3 Å². The van der Waals surface area contributed by atoms with Crippen molar-refractivity contribution in [2.75, 3.05) is 0 Å². The maximum Gasteiger partial charge on any atom is 0.340 e. The monoisotopic (exact) mass is 211 g/mol. The maximum absolute atomic E-state index is 11.7. The Hall–Kier alpha value is -1.32. The summed E-state index contributed by atoms with van der Waals surface area (Å²) in [6.07, 6.45) is 4.18. The molecule has 2 fully saturated rings. The van der Waals surface area contributed by atoms with Gasteiger partial charge in [-0.2, -0.15) is 0 Å². The maximum atomic E-state index is 11.7. The van der Waals surface area contributed by atoms with Crippen LogP contribution >= 0.6 is 0 Å². The highest BCUT2D eigenvalue weighted by Crippen LogP contribution is 2.50. The van der Waals surface area contributed by atoms with Crippen LogP contribution in [0.4, 0.5) is 0 Å². The van der Waals surface area contributed by atoms with Gasteiger partial charge in [-0.1, -0.05) is 13.0 Å². The van der Waals surface area contributed by atoms with Crippen LogP contribution in [-0.4, -0.2) is 23.0 Å². The van der Waals surface area contributed by atoms with Crippen molar-refractivity contribution in [3.8, 4) is 0 Å². The number of fused-ring (bicyclic) bond motifs is 1. The van der Waals surface area contributed by atoms with Crippen LogP contribution in [0, 0.1) is 5.92 Å². The second kappa shape index (κ2) is 2.84. The molecule has 0 saturated carbocycles. The topological polar surface area (TPSA) is 55.4 Å². The van der Waals surface area contributed by atoms with Gasteiger partial charge in [-0.25, -0.2) is 4.79 Å².